The standard InChI is InChI=1S/C16H29F3O2/c1-2-3-4-5-6-7-8-9-10-11-12-13-14(17)16(18,19)15(20)21/h14H,2-13H2,1H3,(H,20,21). The third-order valence-electron chi connectivity index (χ3n) is 3.74. The van der Waals surface area contributed by atoms with Gasteiger partial charge in [-0.1, -0.05) is 77.6 Å². The van der Waals surface area contributed by atoms with E-state index in [1.54, 1.807) is 0 Å². The Morgan fingerprint density at radius 3 is 1.67 bits per heavy atom. The summed E-state index contributed by atoms with van der Waals surface area (Å²) in [4.78, 5) is 10.2. The summed E-state index contributed by atoms with van der Waals surface area (Å²) in [7, 11) is 0. The molecule has 1 unspecified atom stereocenters. The van der Waals surface area contributed by atoms with Gasteiger partial charge >= 0.3 is 11.9 Å². The van der Waals surface area contributed by atoms with Gasteiger partial charge < -0.3 is 5.11 Å². The summed E-state index contributed by atoms with van der Waals surface area (Å²) in [6, 6.07) is 0. The first kappa shape index (κ1) is 20.3. The lowest BCUT2D eigenvalue weighted by atomic mass is 10.0. The van der Waals surface area contributed by atoms with Crippen molar-refractivity contribution in [3.8, 4) is 0 Å². The molecule has 0 aromatic carbocycles. The molecule has 1 atom stereocenters. The smallest absolute Gasteiger partial charge is 0.377 e. The second kappa shape index (κ2) is 11.9. The molecular weight excluding hydrogens is 281 g/mol. The van der Waals surface area contributed by atoms with E-state index in [-0.39, 0.29) is 6.42 Å². The van der Waals surface area contributed by atoms with Crippen LogP contribution in [0.4, 0.5) is 13.2 Å². The minimum absolute atomic E-state index is 0.320. The number of rotatable bonds is 14. The average Bonchev–Trinajstić information content (AvgIpc) is 2.44. The van der Waals surface area contributed by atoms with Gasteiger partial charge in [0.2, 0.25) is 0 Å². The molecule has 0 aromatic heterocycles. The number of halogens is 3. The Bertz CT molecular complexity index is 270. The van der Waals surface area contributed by atoms with Crippen LogP contribution >= 0.6 is 0 Å². The highest BCUT2D eigenvalue weighted by molar-refractivity contribution is 5.76. The van der Waals surface area contributed by atoms with Gasteiger partial charge in [0, 0.05) is 0 Å². The first-order chi connectivity index (χ1) is 9.92. The Labute approximate surface area is 126 Å². The maximum atomic E-state index is 13.1. The maximum Gasteiger partial charge on any atom is 0.377 e. The molecule has 2 nitrogen and oxygen atoms in total. The zero-order valence-electron chi connectivity index (χ0n) is 13.1. The minimum Gasteiger partial charge on any atom is -0.477 e. The first-order valence-corrected chi connectivity index (χ1v) is 8.18. The SMILES string of the molecule is CCCCCCCCCCCCCC(F)C(F)(F)C(=O)O. The Hall–Kier alpha value is -0.740. The normalized spacial score (nSPS) is 13.3. The summed E-state index contributed by atoms with van der Waals surface area (Å²) >= 11 is 0. The van der Waals surface area contributed by atoms with Crippen LogP contribution in [0.25, 0.3) is 0 Å². The summed E-state index contributed by atoms with van der Waals surface area (Å²) < 4.78 is 38.6. The lowest BCUT2D eigenvalue weighted by Crippen LogP contribution is -2.38. The van der Waals surface area contributed by atoms with Crippen molar-refractivity contribution >= 4 is 5.97 Å². The fourth-order valence-electron chi connectivity index (χ4n) is 2.30. The van der Waals surface area contributed by atoms with Crippen molar-refractivity contribution in [1.82, 2.24) is 0 Å². The predicted molar refractivity (Wildman–Crippen MR) is 78.6 cm³/mol. The van der Waals surface area contributed by atoms with E-state index < -0.39 is 18.1 Å². The van der Waals surface area contributed by atoms with Gasteiger partial charge in [-0.3, -0.25) is 0 Å². The van der Waals surface area contributed by atoms with Crippen LogP contribution in [0.1, 0.15) is 84.0 Å². The van der Waals surface area contributed by atoms with Crippen LogP contribution in [0.15, 0.2) is 0 Å². The fourth-order valence-corrected chi connectivity index (χ4v) is 2.30. The van der Waals surface area contributed by atoms with Gasteiger partial charge in [0.15, 0.2) is 6.17 Å². The van der Waals surface area contributed by atoms with E-state index in [2.05, 4.69) is 6.92 Å². The van der Waals surface area contributed by atoms with Crippen LogP contribution in [0.5, 0.6) is 0 Å². The molecule has 1 N–H and O–H groups in total. The molecule has 0 aliphatic heterocycles. The van der Waals surface area contributed by atoms with E-state index in [1.807, 2.05) is 0 Å². The van der Waals surface area contributed by atoms with Crippen LogP contribution in [-0.4, -0.2) is 23.2 Å². The van der Waals surface area contributed by atoms with E-state index in [4.69, 9.17) is 5.11 Å². The molecule has 21 heavy (non-hydrogen) atoms. The highest BCUT2D eigenvalue weighted by Crippen LogP contribution is 2.26. The summed E-state index contributed by atoms with van der Waals surface area (Å²) in [6.07, 6.45) is 8.70. The highest BCUT2D eigenvalue weighted by Gasteiger charge is 2.47. The topological polar surface area (TPSA) is 37.3 Å². The van der Waals surface area contributed by atoms with Crippen molar-refractivity contribution in [2.75, 3.05) is 0 Å². The van der Waals surface area contributed by atoms with Crippen LogP contribution in [0.3, 0.4) is 0 Å². The van der Waals surface area contributed by atoms with Gasteiger partial charge in [0.1, 0.15) is 0 Å². The van der Waals surface area contributed by atoms with Crippen LogP contribution in [0.2, 0.25) is 0 Å². The van der Waals surface area contributed by atoms with Gasteiger partial charge in [-0.2, -0.15) is 8.78 Å². The van der Waals surface area contributed by atoms with E-state index in [0.29, 0.717) is 12.8 Å². The first-order valence-electron chi connectivity index (χ1n) is 8.18. The second-order valence-corrected chi connectivity index (χ2v) is 5.72. The molecule has 0 aromatic rings. The van der Waals surface area contributed by atoms with Crippen molar-refractivity contribution in [3.05, 3.63) is 0 Å². The number of hydrogen-bond acceptors (Lipinski definition) is 1. The van der Waals surface area contributed by atoms with E-state index in [9.17, 15) is 18.0 Å². The van der Waals surface area contributed by atoms with Crippen molar-refractivity contribution < 1.29 is 23.1 Å². The van der Waals surface area contributed by atoms with Gasteiger partial charge in [0.05, 0.1) is 0 Å². The average molecular weight is 310 g/mol. The Morgan fingerprint density at radius 1 is 0.905 bits per heavy atom. The molecule has 0 spiro atoms. The number of carboxylic acids is 1. The van der Waals surface area contributed by atoms with Crippen LogP contribution in [-0.2, 0) is 4.79 Å². The van der Waals surface area contributed by atoms with Crippen molar-refractivity contribution in [3.63, 3.8) is 0 Å². The number of carboxylic acid groups (broad SMARTS) is 1. The highest BCUT2D eigenvalue weighted by atomic mass is 19.3. The molecule has 0 rings (SSSR count). The van der Waals surface area contributed by atoms with Crippen molar-refractivity contribution in [2.45, 2.75) is 96.1 Å². The van der Waals surface area contributed by atoms with Crippen molar-refractivity contribution in [2.24, 2.45) is 0 Å². The summed E-state index contributed by atoms with van der Waals surface area (Å²) in [5.74, 6) is -6.63. The van der Waals surface area contributed by atoms with Crippen molar-refractivity contribution in [1.29, 1.82) is 0 Å². The Kier molecular flexibility index (Phi) is 11.5. The predicted octanol–water partition coefficient (Wildman–Crippen LogP) is 5.75. The van der Waals surface area contributed by atoms with Gasteiger partial charge in [0.25, 0.3) is 0 Å². The molecule has 0 amide bonds. The molecule has 0 saturated heterocycles. The van der Waals surface area contributed by atoms with Crippen LogP contribution < -0.4 is 0 Å². The van der Waals surface area contributed by atoms with Crippen LogP contribution in [0, 0.1) is 0 Å². The quantitative estimate of drug-likeness (QED) is 0.415. The number of aliphatic carboxylic acids is 1. The molecule has 0 fully saturated rings. The van der Waals surface area contributed by atoms with E-state index in [0.717, 1.165) is 19.3 Å². The molecule has 5 heteroatoms. The number of unbranched alkanes of at least 4 members (excludes halogenated alkanes) is 10. The Morgan fingerprint density at radius 2 is 1.29 bits per heavy atom. The Balaban J connectivity index is 3.38. The number of carbonyl (C=O) groups is 1. The van der Waals surface area contributed by atoms with E-state index >= 15 is 0 Å². The lowest BCUT2D eigenvalue weighted by molar-refractivity contribution is -0.175. The van der Waals surface area contributed by atoms with Gasteiger partial charge in [-0.15, -0.1) is 0 Å². The summed E-state index contributed by atoms with van der Waals surface area (Å²) in [5.41, 5.74) is 0. The molecule has 0 bridgehead atoms. The molecule has 0 saturated carbocycles. The number of hydrogen-bond donors (Lipinski definition) is 1. The third-order valence-corrected chi connectivity index (χ3v) is 3.74. The molecule has 0 heterocycles. The van der Waals surface area contributed by atoms with Gasteiger partial charge in [-0.05, 0) is 6.42 Å². The molecule has 126 valence electrons. The monoisotopic (exact) mass is 310 g/mol. The zero-order chi connectivity index (χ0) is 16.1. The number of alkyl halides is 3. The maximum absolute atomic E-state index is 13.1. The fraction of sp³-hybridized carbons (Fsp3) is 0.938. The van der Waals surface area contributed by atoms with Gasteiger partial charge in [-0.25, -0.2) is 9.18 Å². The lowest BCUT2D eigenvalue weighted by Gasteiger charge is -2.15. The molecule has 0 aliphatic carbocycles. The van der Waals surface area contributed by atoms with E-state index in [1.165, 1.54) is 38.5 Å². The third kappa shape index (κ3) is 9.75. The largest absolute Gasteiger partial charge is 0.477 e. The summed E-state index contributed by atoms with van der Waals surface area (Å²) in [6.45, 7) is 2.19. The minimum atomic E-state index is -4.25. The molecule has 0 aliphatic rings. The zero-order valence-corrected chi connectivity index (χ0v) is 13.1. The summed E-state index contributed by atoms with van der Waals surface area (Å²) in [5, 5.41) is 8.20. The molecular formula is C16H29F3O2. The molecule has 0 radical (unpaired) electrons. The second-order valence-electron chi connectivity index (χ2n) is 5.72.